The van der Waals surface area contributed by atoms with Gasteiger partial charge in [-0.15, -0.1) is 0 Å². The highest BCUT2D eigenvalue weighted by atomic mass is 15.2. The van der Waals surface area contributed by atoms with Crippen LogP contribution in [0.3, 0.4) is 0 Å². The molecule has 1 unspecified atom stereocenters. The zero-order chi connectivity index (χ0) is 35.6. The van der Waals surface area contributed by atoms with Crippen molar-refractivity contribution in [3.05, 3.63) is 199 Å². The number of hydrogen-bond donors (Lipinski definition) is 1. The highest BCUT2D eigenvalue weighted by Crippen LogP contribution is 2.39. The van der Waals surface area contributed by atoms with Gasteiger partial charge in [-0.2, -0.15) is 0 Å². The molecule has 0 amide bonds. The smallest absolute Gasteiger partial charge is 0.169 e. The lowest BCUT2D eigenvalue weighted by molar-refractivity contribution is 0.752. The van der Waals surface area contributed by atoms with E-state index < -0.39 is 6.17 Å². The summed E-state index contributed by atoms with van der Waals surface area (Å²) in [5, 5.41) is 10.7. The van der Waals surface area contributed by atoms with Crippen molar-refractivity contribution in [2.75, 3.05) is 0 Å². The highest BCUT2D eigenvalue weighted by molar-refractivity contribution is 6.20. The summed E-state index contributed by atoms with van der Waals surface area (Å²) in [6.45, 7) is 0. The normalized spacial score (nSPS) is 14.5. The molecule has 254 valence electrons. The van der Waals surface area contributed by atoms with Crippen LogP contribution in [0.4, 0.5) is 0 Å². The molecule has 3 aromatic heterocycles. The molecule has 6 nitrogen and oxygen atoms in total. The summed E-state index contributed by atoms with van der Waals surface area (Å²) in [6, 6.07) is 61.9. The molecule has 7 aromatic carbocycles. The number of fused-ring (bicyclic) bond motifs is 7. The summed E-state index contributed by atoms with van der Waals surface area (Å²) >= 11 is 0. The average Bonchev–Trinajstić information content (AvgIpc) is 3.75. The van der Waals surface area contributed by atoms with Crippen LogP contribution in [0.1, 0.15) is 22.9 Å². The number of aliphatic imine (C=N–C) groups is 2. The van der Waals surface area contributed by atoms with Crippen LogP contribution in [0.25, 0.3) is 65.9 Å². The topological polar surface area (TPSA) is 59.5 Å². The highest BCUT2D eigenvalue weighted by Gasteiger charge is 2.24. The first-order valence-corrected chi connectivity index (χ1v) is 18.2. The number of aromatic nitrogens is 3. The van der Waals surface area contributed by atoms with Gasteiger partial charge in [0.25, 0.3) is 0 Å². The Morgan fingerprint density at radius 3 is 1.83 bits per heavy atom. The van der Waals surface area contributed by atoms with E-state index in [4.69, 9.17) is 15.0 Å². The molecule has 0 radical (unpaired) electrons. The lowest BCUT2D eigenvalue weighted by atomic mass is 10.0. The lowest BCUT2D eigenvalue weighted by Crippen LogP contribution is -2.36. The Balaban J connectivity index is 1.13. The van der Waals surface area contributed by atoms with Gasteiger partial charge in [-0.3, -0.25) is 4.57 Å². The van der Waals surface area contributed by atoms with Crippen LogP contribution in [0.2, 0.25) is 0 Å². The second kappa shape index (κ2) is 12.1. The number of pyridine rings is 1. The molecule has 0 fully saturated rings. The Labute approximate surface area is 311 Å². The van der Waals surface area contributed by atoms with Crippen molar-refractivity contribution >= 4 is 66.1 Å². The van der Waals surface area contributed by atoms with Gasteiger partial charge in [0.2, 0.25) is 0 Å². The van der Waals surface area contributed by atoms with Crippen LogP contribution in [0.5, 0.6) is 0 Å². The number of amidine groups is 2. The second-order valence-electron chi connectivity index (χ2n) is 13.7. The predicted molar refractivity (Wildman–Crippen MR) is 222 cm³/mol. The Morgan fingerprint density at radius 2 is 1.06 bits per heavy atom. The van der Waals surface area contributed by atoms with E-state index >= 15 is 0 Å². The minimum Gasteiger partial charge on any atom is -0.324 e. The molecular weight excluding hydrogens is 661 g/mol. The maximum absolute atomic E-state index is 5.28. The van der Waals surface area contributed by atoms with E-state index in [0.29, 0.717) is 0 Å². The Kier molecular flexibility index (Phi) is 6.82. The fourth-order valence-corrected chi connectivity index (χ4v) is 8.16. The Bertz CT molecular complexity index is 3130. The van der Waals surface area contributed by atoms with Gasteiger partial charge in [-0.25, -0.2) is 15.0 Å². The molecule has 0 bridgehead atoms. The summed E-state index contributed by atoms with van der Waals surface area (Å²) in [7, 11) is 0. The van der Waals surface area contributed by atoms with Crippen molar-refractivity contribution in [2.45, 2.75) is 6.17 Å². The minimum atomic E-state index is -0.488. The van der Waals surface area contributed by atoms with Crippen molar-refractivity contribution in [1.82, 2.24) is 19.4 Å². The van der Waals surface area contributed by atoms with E-state index in [9.17, 15) is 0 Å². The van der Waals surface area contributed by atoms with Gasteiger partial charge in [0.15, 0.2) is 6.17 Å². The first-order chi connectivity index (χ1) is 26.8. The molecule has 54 heavy (non-hydrogen) atoms. The van der Waals surface area contributed by atoms with Gasteiger partial charge in [-0.05, 0) is 59.3 Å². The third-order valence-electron chi connectivity index (χ3n) is 10.6. The van der Waals surface area contributed by atoms with Crippen molar-refractivity contribution in [2.24, 2.45) is 9.98 Å². The van der Waals surface area contributed by atoms with Gasteiger partial charge in [0, 0.05) is 50.1 Å². The van der Waals surface area contributed by atoms with E-state index in [0.717, 1.165) is 67.2 Å². The van der Waals surface area contributed by atoms with Gasteiger partial charge in [0.05, 0.1) is 22.1 Å². The molecule has 1 aliphatic heterocycles. The third-order valence-corrected chi connectivity index (χ3v) is 10.6. The number of rotatable bonds is 5. The van der Waals surface area contributed by atoms with Gasteiger partial charge >= 0.3 is 0 Å². The molecule has 1 N–H and O–H groups in total. The summed E-state index contributed by atoms with van der Waals surface area (Å²) < 4.78 is 4.66. The molecule has 0 spiro atoms. The van der Waals surface area contributed by atoms with Crippen molar-refractivity contribution < 1.29 is 0 Å². The zero-order valence-electron chi connectivity index (χ0n) is 29.1. The van der Waals surface area contributed by atoms with Crippen molar-refractivity contribution in [1.29, 1.82) is 0 Å². The summed E-state index contributed by atoms with van der Waals surface area (Å²) in [5.41, 5.74) is 8.64. The number of nitrogens with one attached hydrogen (secondary N) is 1. The van der Waals surface area contributed by atoms with Gasteiger partial charge in [-0.1, -0.05) is 127 Å². The predicted octanol–water partition coefficient (Wildman–Crippen LogP) is 10.9. The van der Waals surface area contributed by atoms with Gasteiger partial charge in [0.1, 0.15) is 17.5 Å². The molecule has 1 atom stereocenters. The minimum absolute atomic E-state index is 0.488. The standard InChI is InChI=1S/C48H32N6/c1-3-15-32(16-4-1)46-50-47(52-48(51-46)38-23-13-17-31-14-7-8-20-35(31)38)33-26-27-49-45(28-33)54-42-25-12-10-22-37(42)40-29-39-36-21-9-11-24-41(36)53(43(39)30-44(40)54)34-18-5-2-6-19-34/h1-30,47H,(H,50,51,52). The molecule has 0 saturated carbocycles. The largest absolute Gasteiger partial charge is 0.324 e. The molecule has 0 saturated heterocycles. The fourth-order valence-electron chi connectivity index (χ4n) is 8.16. The first kappa shape index (κ1) is 30.3. The number of para-hydroxylation sites is 3. The van der Waals surface area contributed by atoms with Crippen molar-refractivity contribution in [3.63, 3.8) is 0 Å². The summed E-state index contributed by atoms with van der Waals surface area (Å²) in [4.78, 5) is 15.5. The maximum atomic E-state index is 5.28. The average molecular weight is 693 g/mol. The van der Waals surface area contributed by atoms with Crippen LogP contribution in [0, 0.1) is 0 Å². The zero-order valence-corrected chi connectivity index (χ0v) is 29.1. The van der Waals surface area contributed by atoms with E-state index in [1.807, 2.05) is 30.5 Å². The summed E-state index contributed by atoms with van der Waals surface area (Å²) in [6.07, 6.45) is 1.40. The molecule has 1 aliphatic rings. The number of hydrogen-bond acceptors (Lipinski definition) is 4. The van der Waals surface area contributed by atoms with E-state index in [1.54, 1.807) is 0 Å². The maximum Gasteiger partial charge on any atom is 0.169 e. The van der Waals surface area contributed by atoms with Crippen LogP contribution >= 0.6 is 0 Å². The fraction of sp³-hybridized carbons (Fsp3) is 0.0208. The molecule has 11 rings (SSSR count). The van der Waals surface area contributed by atoms with E-state index in [-0.39, 0.29) is 0 Å². The molecular formula is C48H32N6. The lowest BCUT2D eigenvalue weighted by Gasteiger charge is -2.23. The van der Waals surface area contributed by atoms with E-state index in [2.05, 4.69) is 166 Å². The van der Waals surface area contributed by atoms with Crippen LogP contribution in [-0.2, 0) is 0 Å². The third kappa shape index (κ3) is 4.77. The van der Waals surface area contributed by atoms with Crippen LogP contribution in [-0.4, -0.2) is 25.8 Å². The molecule has 6 heteroatoms. The monoisotopic (exact) mass is 692 g/mol. The van der Waals surface area contributed by atoms with Crippen LogP contribution in [0.15, 0.2) is 192 Å². The molecule has 4 heterocycles. The van der Waals surface area contributed by atoms with Gasteiger partial charge < -0.3 is 9.88 Å². The Morgan fingerprint density at radius 1 is 0.444 bits per heavy atom. The number of benzene rings is 7. The molecule has 0 aliphatic carbocycles. The van der Waals surface area contributed by atoms with Crippen LogP contribution < -0.4 is 5.32 Å². The van der Waals surface area contributed by atoms with Crippen molar-refractivity contribution in [3.8, 4) is 11.5 Å². The summed E-state index contributed by atoms with van der Waals surface area (Å²) in [5.74, 6) is 2.39. The number of nitrogens with zero attached hydrogens (tertiary/aromatic N) is 5. The van der Waals surface area contributed by atoms with E-state index in [1.165, 1.54) is 27.1 Å². The molecule has 10 aromatic rings. The first-order valence-electron chi connectivity index (χ1n) is 18.2. The Hall–Kier alpha value is -7.31. The SMILES string of the molecule is c1ccc(C2=NC(c3ccnc(-n4c5ccccc5c5cc6c7ccccc7n(-c7ccccc7)c6cc54)c3)N=C(c3cccc4ccccc34)N2)cc1. The quantitative estimate of drug-likeness (QED) is 0.195. The second-order valence-corrected chi connectivity index (χ2v) is 13.7.